The van der Waals surface area contributed by atoms with Crippen LogP contribution in [0.2, 0.25) is 0 Å². The maximum absolute atomic E-state index is 12.9. The Hall–Kier alpha value is -2.26. The zero-order valence-corrected chi connectivity index (χ0v) is 19.0. The number of hydrogen-bond acceptors (Lipinski definition) is 7. The van der Waals surface area contributed by atoms with E-state index in [9.17, 15) is 9.59 Å². The van der Waals surface area contributed by atoms with Crippen LogP contribution in [0.15, 0.2) is 35.5 Å². The van der Waals surface area contributed by atoms with Crippen LogP contribution < -0.4 is 9.80 Å². The number of para-hydroxylation sites is 1. The SMILES string of the molecule is CCCCN(CCCC)c1nc(SC2CC(=O)N(c3ccccc3)C2=O)nc(=S)[nH]1. The second kappa shape index (κ2) is 10.7. The molecule has 3 rings (SSSR count). The van der Waals surface area contributed by atoms with E-state index in [0.717, 1.165) is 38.8 Å². The van der Waals surface area contributed by atoms with Gasteiger partial charge >= 0.3 is 0 Å². The van der Waals surface area contributed by atoms with E-state index in [1.54, 1.807) is 12.1 Å². The number of imide groups is 1. The van der Waals surface area contributed by atoms with Crippen molar-refractivity contribution in [1.82, 2.24) is 15.0 Å². The molecular formula is C21H27N5O2S2. The summed E-state index contributed by atoms with van der Waals surface area (Å²) < 4.78 is 0.331. The van der Waals surface area contributed by atoms with Gasteiger partial charge in [0, 0.05) is 19.5 Å². The Labute approximate surface area is 186 Å². The molecule has 1 aliphatic heterocycles. The highest BCUT2D eigenvalue weighted by atomic mass is 32.2. The molecule has 1 saturated heterocycles. The van der Waals surface area contributed by atoms with Gasteiger partial charge in [0.1, 0.15) is 5.25 Å². The standard InChI is InChI=1S/C21H27N5O2S2/c1-3-5-12-25(13-6-4-2)19-22-20(29)24-21(23-19)30-16-14-17(27)26(18(16)28)15-10-8-7-9-11-15/h7-11,16H,3-6,12-14H2,1-2H3,(H,22,23,24,29). The van der Waals surface area contributed by atoms with Crippen molar-refractivity contribution in [2.45, 2.75) is 56.4 Å². The van der Waals surface area contributed by atoms with Crippen molar-refractivity contribution in [2.24, 2.45) is 0 Å². The summed E-state index contributed by atoms with van der Waals surface area (Å²) in [6.45, 7) is 6.07. The molecule has 1 aliphatic rings. The number of aromatic amines is 1. The molecule has 1 unspecified atom stereocenters. The van der Waals surface area contributed by atoms with Crippen molar-refractivity contribution in [2.75, 3.05) is 22.9 Å². The van der Waals surface area contributed by atoms with Crippen LogP contribution in [-0.4, -0.2) is 45.1 Å². The molecule has 0 aliphatic carbocycles. The van der Waals surface area contributed by atoms with Crippen LogP contribution in [0.5, 0.6) is 0 Å². The summed E-state index contributed by atoms with van der Waals surface area (Å²) in [6.07, 6.45) is 4.41. The summed E-state index contributed by atoms with van der Waals surface area (Å²) in [5, 5.41) is -0.130. The number of anilines is 2. The third kappa shape index (κ3) is 5.46. The molecule has 0 bridgehead atoms. The van der Waals surface area contributed by atoms with Crippen molar-refractivity contribution in [3.05, 3.63) is 35.1 Å². The first-order valence-corrected chi connectivity index (χ1v) is 11.6. The lowest BCUT2D eigenvalue weighted by molar-refractivity contribution is -0.121. The van der Waals surface area contributed by atoms with Gasteiger partial charge in [0.05, 0.1) is 5.69 Å². The van der Waals surface area contributed by atoms with Crippen LogP contribution in [0.4, 0.5) is 11.6 Å². The van der Waals surface area contributed by atoms with Crippen molar-refractivity contribution >= 4 is 47.4 Å². The predicted molar refractivity (Wildman–Crippen MR) is 122 cm³/mol. The van der Waals surface area contributed by atoms with Gasteiger partial charge in [-0.1, -0.05) is 56.7 Å². The first-order valence-electron chi connectivity index (χ1n) is 10.3. The molecule has 2 aromatic rings. The molecule has 1 atom stereocenters. The Kier molecular flexibility index (Phi) is 7.98. The number of carbonyl (C=O) groups is 2. The summed E-state index contributed by atoms with van der Waals surface area (Å²) in [4.78, 5) is 40.8. The van der Waals surface area contributed by atoms with E-state index in [0.29, 0.717) is 21.6 Å². The van der Waals surface area contributed by atoms with Crippen molar-refractivity contribution in [3.8, 4) is 0 Å². The Morgan fingerprint density at radius 2 is 1.80 bits per heavy atom. The number of unbranched alkanes of at least 4 members (excludes halogenated alkanes) is 2. The normalized spacial score (nSPS) is 16.3. The number of H-pyrrole nitrogens is 1. The monoisotopic (exact) mass is 445 g/mol. The molecule has 160 valence electrons. The van der Waals surface area contributed by atoms with Crippen LogP contribution in [-0.2, 0) is 9.59 Å². The number of nitrogens with one attached hydrogen (secondary N) is 1. The van der Waals surface area contributed by atoms with Crippen LogP contribution in [0.3, 0.4) is 0 Å². The zero-order chi connectivity index (χ0) is 21.5. The largest absolute Gasteiger partial charge is 0.342 e. The summed E-state index contributed by atoms with van der Waals surface area (Å²) in [5.74, 6) is 0.225. The van der Waals surface area contributed by atoms with E-state index in [-0.39, 0.29) is 18.2 Å². The molecule has 1 aromatic carbocycles. The average Bonchev–Trinajstić information content (AvgIpc) is 3.01. The third-order valence-corrected chi connectivity index (χ3v) is 6.09. The first-order chi connectivity index (χ1) is 14.5. The Balaban J connectivity index is 1.79. The molecule has 1 aromatic heterocycles. The highest BCUT2D eigenvalue weighted by Crippen LogP contribution is 2.32. The number of rotatable bonds is 10. The van der Waals surface area contributed by atoms with Gasteiger partial charge in [-0.25, -0.2) is 4.90 Å². The van der Waals surface area contributed by atoms with Crippen LogP contribution >= 0.6 is 24.0 Å². The zero-order valence-electron chi connectivity index (χ0n) is 17.3. The van der Waals surface area contributed by atoms with Crippen LogP contribution in [0.1, 0.15) is 46.0 Å². The topological polar surface area (TPSA) is 82.2 Å². The van der Waals surface area contributed by atoms with Crippen LogP contribution in [0.25, 0.3) is 0 Å². The van der Waals surface area contributed by atoms with Crippen molar-refractivity contribution in [3.63, 3.8) is 0 Å². The number of nitrogens with zero attached hydrogens (tertiary/aromatic N) is 4. The molecule has 0 radical (unpaired) electrons. The van der Waals surface area contributed by atoms with Gasteiger partial charge in [0.25, 0.3) is 0 Å². The van der Waals surface area contributed by atoms with Gasteiger partial charge in [0.15, 0.2) is 5.16 Å². The molecule has 1 N–H and O–H groups in total. The predicted octanol–water partition coefficient (Wildman–Crippen LogP) is 4.36. The smallest absolute Gasteiger partial charge is 0.247 e. The number of benzene rings is 1. The average molecular weight is 446 g/mol. The molecule has 0 spiro atoms. The van der Waals surface area contributed by atoms with Gasteiger partial charge in [-0.15, -0.1) is 0 Å². The molecule has 2 heterocycles. The molecule has 2 amide bonds. The van der Waals surface area contributed by atoms with Gasteiger partial charge in [-0.3, -0.25) is 9.59 Å². The molecule has 9 heteroatoms. The van der Waals surface area contributed by atoms with Gasteiger partial charge < -0.3 is 9.88 Å². The first kappa shape index (κ1) is 22.4. The van der Waals surface area contributed by atoms with E-state index >= 15 is 0 Å². The molecule has 30 heavy (non-hydrogen) atoms. The fourth-order valence-corrected chi connectivity index (χ4v) is 4.46. The Morgan fingerprint density at radius 3 is 2.43 bits per heavy atom. The van der Waals surface area contributed by atoms with Crippen molar-refractivity contribution < 1.29 is 9.59 Å². The number of carbonyl (C=O) groups excluding carboxylic acids is 2. The summed E-state index contributed by atoms with van der Waals surface area (Å²) in [5.41, 5.74) is 0.591. The van der Waals surface area contributed by atoms with Gasteiger partial charge in [-0.2, -0.15) is 9.97 Å². The molecular weight excluding hydrogens is 418 g/mol. The van der Waals surface area contributed by atoms with Gasteiger partial charge in [0.2, 0.25) is 22.5 Å². The molecule has 1 fully saturated rings. The van der Waals surface area contributed by atoms with Crippen molar-refractivity contribution in [1.29, 1.82) is 0 Å². The minimum absolute atomic E-state index is 0.123. The van der Waals surface area contributed by atoms with E-state index in [1.165, 1.54) is 16.7 Å². The lowest BCUT2D eigenvalue weighted by Crippen LogP contribution is -2.31. The van der Waals surface area contributed by atoms with E-state index in [4.69, 9.17) is 12.2 Å². The maximum Gasteiger partial charge on any atom is 0.247 e. The van der Waals surface area contributed by atoms with E-state index < -0.39 is 5.25 Å². The molecule has 7 nitrogen and oxygen atoms in total. The number of thioether (sulfide) groups is 1. The number of amides is 2. The quantitative estimate of drug-likeness (QED) is 0.430. The minimum atomic E-state index is -0.554. The summed E-state index contributed by atoms with van der Waals surface area (Å²) in [6, 6.07) is 8.99. The maximum atomic E-state index is 12.9. The Bertz CT molecular complexity index is 926. The number of hydrogen-bond donors (Lipinski definition) is 1. The lowest BCUT2D eigenvalue weighted by atomic mass is 10.3. The molecule has 0 saturated carbocycles. The second-order valence-electron chi connectivity index (χ2n) is 7.17. The minimum Gasteiger partial charge on any atom is -0.342 e. The number of aromatic nitrogens is 3. The van der Waals surface area contributed by atoms with E-state index in [1.807, 2.05) is 18.2 Å². The summed E-state index contributed by atoms with van der Waals surface area (Å²) >= 11 is 6.52. The second-order valence-corrected chi connectivity index (χ2v) is 8.72. The Morgan fingerprint density at radius 1 is 1.13 bits per heavy atom. The fourth-order valence-electron chi connectivity index (χ4n) is 3.25. The lowest BCUT2D eigenvalue weighted by Gasteiger charge is -2.23. The van der Waals surface area contributed by atoms with Gasteiger partial charge in [-0.05, 0) is 37.2 Å². The van der Waals surface area contributed by atoms with Crippen LogP contribution in [0, 0.1) is 4.77 Å². The fraction of sp³-hybridized carbons (Fsp3) is 0.476. The highest BCUT2D eigenvalue weighted by molar-refractivity contribution is 8.00. The highest BCUT2D eigenvalue weighted by Gasteiger charge is 2.40. The van der Waals surface area contributed by atoms with E-state index in [2.05, 4.69) is 33.7 Å². The third-order valence-electron chi connectivity index (χ3n) is 4.85. The summed E-state index contributed by atoms with van der Waals surface area (Å²) in [7, 11) is 0.